The Morgan fingerprint density at radius 3 is 2.16 bits per heavy atom. The Bertz CT molecular complexity index is 554. The Morgan fingerprint density at radius 1 is 1.04 bits per heavy atom. The van der Waals surface area contributed by atoms with Crippen molar-refractivity contribution >= 4 is 5.97 Å². The second kappa shape index (κ2) is 8.33. The average Bonchev–Trinajstić information content (AvgIpc) is 2.63. The molecule has 0 amide bonds. The summed E-state index contributed by atoms with van der Waals surface area (Å²) in [7, 11) is 0. The minimum atomic E-state index is -0.854. The largest absolute Gasteiger partial charge is 0.478 e. The van der Waals surface area contributed by atoms with Gasteiger partial charge in [-0.05, 0) is 55.2 Å². The smallest absolute Gasteiger partial charge is 0.335 e. The highest BCUT2D eigenvalue weighted by molar-refractivity contribution is 5.87. The van der Waals surface area contributed by atoms with E-state index in [1.54, 1.807) is 12.1 Å². The maximum Gasteiger partial charge on any atom is 0.335 e. The van der Waals surface area contributed by atoms with Gasteiger partial charge in [0.15, 0.2) is 0 Å². The molecule has 4 heteroatoms. The molecule has 1 saturated heterocycles. The van der Waals surface area contributed by atoms with Crippen molar-refractivity contribution in [2.24, 2.45) is 11.8 Å². The van der Waals surface area contributed by atoms with Crippen LogP contribution in [0.5, 0.6) is 0 Å². The van der Waals surface area contributed by atoms with Crippen molar-refractivity contribution < 1.29 is 9.90 Å². The summed E-state index contributed by atoms with van der Waals surface area (Å²) in [5, 5.41) is 8.98. The maximum absolute atomic E-state index is 10.9. The van der Waals surface area contributed by atoms with E-state index in [9.17, 15) is 4.79 Å². The number of carboxylic acids is 1. The third-order valence-electron chi connectivity index (χ3n) is 6.21. The van der Waals surface area contributed by atoms with Gasteiger partial charge in [-0.2, -0.15) is 0 Å². The molecule has 1 aromatic carbocycles. The lowest BCUT2D eigenvalue weighted by molar-refractivity contribution is 0.0626. The first-order chi connectivity index (χ1) is 12.0. The van der Waals surface area contributed by atoms with Gasteiger partial charge in [0, 0.05) is 38.8 Å². The zero-order chi connectivity index (χ0) is 17.8. The van der Waals surface area contributed by atoms with E-state index in [4.69, 9.17) is 5.11 Å². The van der Waals surface area contributed by atoms with E-state index in [-0.39, 0.29) is 0 Å². The third kappa shape index (κ3) is 4.83. The van der Waals surface area contributed by atoms with Gasteiger partial charge in [0.25, 0.3) is 0 Å². The molecule has 0 aromatic heterocycles. The number of piperazine rings is 1. The van der Waals surface area contributed by atoms with Crippen LogP contribution in [0.15, 0.2) is 24.3 Å². The van der Waals surface area contributed by atoms with E-state index in [0.717, 1.165) is 37.5 Å². The fourth-order valence-electron chi connectivity index (χ4n) is 4.43. The summed E-state index contributed by atoms with van der Waals surface area (Å²) in [6.07, 6.45) is 5.55. The van der Waals surface area contributed by atoms with Crippen molar-refractivity contribution in [3.63, 3.8) is 0 Å². The van der Waals surface area contributed by atoms with Crippen LogP contribution in [-0.2, 0) is 6.54 Å². The topological polar surface area (TPSA) is 43.8 Å². The Morgan fingerprint density at radius 2 is 1.64 bits per heavy atom. The first-order valence-corrected chi connectivity index (χ1v) is 9.81. The predicted octanol–water partition coefficient (Wildman–Crippen LogP) is 3.72. The molecule has 1 N–H and O–H groups in total. The first-order valence-electron chi connectivity index (χ1n) is 9.81. The van der Waals surface area contributed by atoms with Crippen molar-refractivity contribution in [3.05, 3.63) is 35.4 Å². The number of aromatic carboxylic acids is 1. The van der Waals surface area contributed by atoms with Crippen molar-refractivity contribution in [2.45, 2.75) is 52.1 Å². The fourth-order valence-corrected chi connectivity index (χ4v) is 4.43. The van der Waals surface area contributed by atoms with E-state index in [2.05, 4.69) is 23.6 Å². The molecule has 0 bridgehead atoms. The van der Waals surface area contributed by atoms with Crippen LogP contribution in [0.25, 0.3) is 0 Å². The molecule has 138 valence electrons. The molecule has 0 radical (unpaired) electrons. The van der Waals surface area contributed by atoms with Crippen molar-refractivity contribution in [2.75, 3.05) is 26.2 Å². The molecule has 2 aliphatic rings. The standard InChI is InChI=1S/C21H32N2O2/c1-16(2)18-7-9-20(10-8-18)23-13-11-22(12-14-23)15-17-3-5-19(6-4-17)21(24)25/h3-6,16,18,20H,7-15H2,1-2H3,(H,24,25). The van der Waals surface area contributed by atoms with Gasteiger partial charge in [-0.15, -0.1) is 0 Å². The van der Waals surface area contributed by atoms with Crippen LogP contribution in [0, 0.1) is 11.8 Å². The predicted molar refractivity (Wildman–Crippen MR) is 101 cm³/mol. The van der Waals surface area contributed by atoms with Gasteiger partial charge >= 0.3 is 5.97 Å². The maximum atomic E-state index is 10.9. The minimum absolute atomic E-state index is 0.366. The second-order valence-electron chi connectivity index (χ2n) is 8.13. The number of nitrogens with zero attached hydrogens (tertiary/aromatic N) is 2. The molecule has 25 heavy (non-hydrogen) atoms. The molecule has 1 aromatic rings. The monoisotopic (exact) mass is 344 g/mol. The Labute approximate surface area is 151 Å². The van der Waals surface area contributed by atoms with Crippen molar-refractivity contribution in [1.82, 2.24) is 9.80 Å². The summed E-state index contributed by atoms with van der Waals surface area (Å²) in [6, 6.07) is 8.11. The lowest BCUT2D eigenvalue weighted by Crippen LogP contribution is -2.50. The van der Waals surface area contributed by atoms with Gasteiger partial charge < -0.3 is 5.11 Å². The van der Waals surface area contributed by atoms with Crippen LogP contribution < -0.4 is 0 Å². The molecule has 2 fully saturated rings. The van der Waals surface area contributed by atoms with Crippen LogP contribution in [0.1, 0.15) is 55.5 Å². The average molecular weight is 344 g/mol. The number of benzene rings is 1. The van der Waals surface area contributed by atoms with Crippen LogP contribution >= 0.6 is 0 Å². The Balaban J connectivity index is 1.43. The molecule has 4 nitrogen and oxygen atoms in total. The summed E-state index contributed by atoms with van der Waals surface area (Å²) >= 11 is 0. The zero-order valence-corrected chi connectivity index (χ0v) is 15.7. The molecule has 1 heterocycles. The van der Waals surface area contributed by atoms with E-state index < -0.39 is 5.97 Å². The number of carbonyl (C=O) groups is 1. The number of hydrogen-bond donors (Lipinski definition) is 1. The Kier molecular flexibility index (Phi) is 6.13. The normalized spacial score (nSPS) is 26.0. The summed E-state index contributed by atoms with van der Waals surface area (Å²) < 4.78 is 0. The summed E-state index contributed by atoms with van der Waals surface area (Å²) in [4.78, 5) is 16.1. The van der Waals surface area contributed by atoms with E-state index >= 15 is 0 Å². The highest BCUT2D eigenvalue weighted by Crippen LogP contribution is 2.32. The number of rotatable bonds is 5. The molecule has 1 aliphatic carbocycles. The fraction of sp³-hybridized carbons (Fsp3) is 0.667. The molecular formula is C21H32N2O2. The van der Waals surface area contributed by atoms with E-state index in [0.29, 0.717) is 5.56 Å². The highest BCUT2D eigenvalue weighted by atomic mass is 16.4. The van der Waals surface area contributed by atoms with E-state index in [1.807, 2.05) is 12.1 Å². The zero-order valence-electron chi connectivity index (χ0n) is 15.7. The number of hydrogen-bond acceptors (Lipinski definition) is 3. The molecule has 1 saturated carbocycles. The van der Waals surface area contributed by atoms with Crippen LogP contribution in [0.3, 0.4) is 0 Å². The van der Waals surface area contributed by atoms with Gasteiger partial charge in [-0.1, -0.05) is 26.0 Å². The molecule has 0 unspecified atom stereocenters. The van der Waals surface area contributed by atoms with Crippen LogP contribution in [0.2, 0.25) is 0 Å². The summed E-state index contributed by atoms with van der Waals surface area (Å²) in [5.74, 6) is 0.920. The van der Waals surface area contributed by atoms with Gasteiger partial charge in [-0.3, -0.25) is 9.80 Å². The van der Waals surface area contributed by atoms with Gasteiger partial charge in [-0.25, -0.2) is 4.79 Å². The molecular weight excluding hydrogens is 312 g/mol. The lowest BCUT2D eigenvalue weighted by atomic mass is 9.79. The van der Waals surface area contributed by atoms with E-state index in [1.165, 1.54) is 44.3 Å². The molecule has 1 aliphatic heterocycles. The third-order valence-corrected chi connectivity index (χ3v) is 6.21. The number of carboxylic acid groups (broad SMARTS) is 1. The molecule has 3 rings (SSSR count). The highest BCUT2D eigenvalue weighted by Gasteiger charge is 2.29. The minimum Gasteiger partial charge on any atom is -0.478 e. The van der Waals surface area contributed by atoms with Crippen molar-refractivity contribution in [3.8, 4) is 0 Å². The first kappa shape index (κ1) is 18.4. The quantitative estimate of drug-likeness (QED) is 0.884. The second-order valence-corrected chi connectivity index (χ2v) is 8.13. The lowest BCUT2D eigenvalue weighted by Gasteiger charge is -2.42. The molecule has 0 atom stereocenters. The van der Waals surface area contributed by atoms with Crippen LogP contribution in [-0.4, -0.2) is 53.1 Å². The molecule has 0 spiro atoms. The summed E-state index contributed by atoms with van der Waals surface area (Å²) in [5.41, 5.74) is 1.57. The van der Waals surface area contributed by atoms with Gasteiger partial charge in [0.1, 0.15) is 0 Å². The van der Waals surface area contributed by atoms with Gasteiger partial charge in [0.05, 0.1) is 5.56 Å². The van der Waals surface area contributed by atoms with Crippen LogP contribution in [0.4, 0.5) is 0 Å². The SMILES string of the molecule is CC(C)C1CCC(N2CCN(Cc3ccc(C(=O)O)cc3)CC2)CC1. The van der Waals surface area contributed by atoms with Crippen molar-refractivity contribution in [1.29, 1.82) is 0 Å². The summed E-state index contributed by atoms with van der Waals surface area (Å²) in [6.45, 7) is 10.2. The Hall–Kier alpha value is -1.39. The van der Waals surface area contributed by atoms with Gasteiger partial charge in [0.2, 0.25) is 0 Å².